The number of hydrogen-bond donors (Lipinski definition) is 2. The maximum Gasteiger partial charge on any atom is 0.225 e. The molecule has 0 radical (unpaired) electrons. The Hall–Kier alpha value is -1.36. The summed E-state index contributed by atoms with van der Waals surface area (Å²) in [4.78, 5) is 13.9. The zero-order chi connectivity index (χ0) is 12.3. The van der Waals surface area contributed by atoms with Crippen molar-refractivity contribution >= 4 is 5.91 Å². The second-order valence-electron chi connectivity index (χ2n) is 4.89. The van der Waals surface area contributed by atoms with E-state index in [2.05, 4.69) is 10.2 Å². The maximum absolute atomic E-state index is 12.1. The molecule has 3 N–H and O–H groups in total. The molecule has 1 fully saturated rings. The van der Waals surface area contributed by atoms with Crippen LogP contribution in [0.4, 0.5) is 0 Å². The van der Waals surface area contributed by atoms with Gasteiger partial charge in [-0.05, 0) is 31.2 Å². The molecule has 17 heavy (non-hydrogen) atoms. The molecule has 2 atom stereocenters. The molecule has 5 heteroatoms. The fourth-order valence-electron chi connectivity index (χ4n) is 2.37. The summed E-state index contributed by atoms with van der Waals surface area (Å²) in [6, 6.07) is 0.214. The van der Waals surface area contributed by atoms with E-state index in [1.165, 1.54) is 0 Å². The third-order valence-electron chi connectivity index (χ3n) is 3.49. The van der Waals surface area contributed by atoms with Crippen LogP contribution in [-0.4, -0.2) is 40.6 Å². The molecule has 1 aromatic heterocycles. The van der Waals surface area contributed by atoms with Gasteiger partial charge in [0.15, 0.2) is 0 Å². The first-order valence-corrected chi connectivity index (χ1v) is 6.15. The maximum atomic E-state index is 12.1. The standard InChI is InChI=1S/C12H20N4O/c1-16(5-4-9-7-14-15-8-9)12(17)10-2-3-11(13)6-10/h7-8,10-11H,2-6,13H2,1H3,(H,14,15)/t10-,11+/m1/s1. The van der Waals surface area contributed by atoms with Gasteiger partial charge in [-0.25, -0.2) is 0 Å². The first-order chi connectivity index (χ1) is 8.16. The summed E-state index contributed by atoms with van der Waals surface area (Å²) in [5.41, 5.74) is 6.96. The fourth-order valence-corrected chi connectivity index (χ4v) is 2.37. The Labute approximate surface area is 101 Å². The highest BCUT2D eigenvalue weighted by Gasteiger charge is 2.29. The zero-order valence-electron chi connectivity index (χ0n) is 10.2. The summed E-state index contributed by atoms with van der Waals surface area (Å²) >= 11 is 0. The lowest BCUT2D eigenvalue weighted by Gasteiger charge is -2.20. The minimum Gasteiger partial charge on any atom is -0.345 e. The van der Waals surface area contributed by atoms with Crippen molar-refractivity contribution < 1.29 is 4.79 Å². The molecule has 5 nitrogen and oxygen atoms in total. The van der Waals surface area contributed by atoms with Crippen molar-refractivity contribution in [2.24, 2.45) is 11.7 Å². The summed E-state index contributed by atoms with van der Waals surface area (Å²) in [6.45, 7) is 0.740. The highest BCUT2D eigenvalue weighted by atomic mass is 16.2. The molecular formula is C12H20N4O. The van der Waals surface area contributed by atoms with E-state index in [1.807, 2.05) is 18.1 Å². The predicted octanol–water partition coefficient (Wildman–Crippen LogP) is 0.538. The number of H-pyrrole nitrogens is 1. The number of aromatic amines is 1. The normalized spacial score (nSPS) is 23.9. The number of nitrogens with one attached hydrogen (secondary N) is 1. The number of amides is 1. The van der Waals surface area contributed by atoms with Crippen LogP contribution in [-0.2, 0) is 11.2 Å². The van der Waals surface area contributed by atoms with E-state index in [0.717, 1.165) is 37.8 Å². The molecule has 1 aromatic rings. The first-order valence-electron chi connectivity index (χ1n) is 6.15. The van der Waals surface area contributed by atoms with Crippen LogP contribution in [0.5, 0.6) is 0 Å². The average Bonchev–Trinajstić information content (AvgIpc) is 2.95. The van der Waals surface area contributed by atoms with Crippen LogP contribution in [0.2, 0.25) is 0 Å². The number of nitrogens with two attached hydrogens (primary N) is 1. The van der Waals surface area contributed by atoms with Crippen molar-refractivity contribution in [1.82, 2.24) is 15.1 Å². The van der Waals surface area contributed by atoms with Crippen LogP contribution in [0.25, 0.3) is 0 Å². The number of rotatable bonds is 4. The third-order valence-corrected chi connectivity index (χ3v) is 3.49. The molecule has 94 valence electrons. The number of nitrogens with zero attached hydrogens (tertiary/aromatic N) is 2. The van der Waals surface area contributed by atoms with Gasteiger partial charge in [0.1, 0.15) is 0 Å². The molecule has 1 aliphatic rings. The summed E-state index contributed by atoms with van der Waals surface area (Å²) in [7, 11) is 1.87. The summed E-state index contributed by atoms with van der Waals surface area (Å²) in [5, 5.41) is 6.66. The van der Waals surface area contributed by atoms with E-state index in [1.54, 1.807) is 6.20 Å². The van der Waals surface area contributed by atoms with Crippen molar-refractivity contribution in [2.75, 3.05) is 13.6 Å². The molecule has 2 rings (SSSR count). The van der Waals surface area contributed by atoms with Crippen molar-refractivity contribution in [3.63, 3.8) is 0 Å². The van der Waals surface area contributed by atoms with Gasteiger partial charge in [0.2, 0.25) is 5.91 Å². The minimum absolute atomic E-state index is 0.138. The molecule has 0 spiro atoms. The molecule has 0 aliphatic heterocycles. The largest absolute Gasteiger partial charge is 0.345 e. The minimum atomic E-state index is 0.138. The highest BCUT2D eigenvalue weighted by molar-refractivity contribution is 5.78. The molecule has 0 bridgehead atoms. The van der Waals surface area contributed by atoms with Crippen LogP contribution in [0.15, 0.2) is 12.4 Å². The molecule has 0 aromatic carbocycles. The number of aromatic nitrogens is 2. The predicted molar refractivity (Wildman–Crippen MR) is 65.2 cm³/mol. The van der Waals surface area contributed by atoms with Crippen molar-refractivity contribution in [1.29, 1.82) is 0 Å². The van der Waals surface area contributed by atoms with Crippen molar-refractivity contribution in [3.8, 4) is 0 Å². The number of likely N-dealkylation sites (N-methyl/N-ethyl adjacent to an activating group) is 1. The Kier molecular flexibility index (Phi) is 3.78. The van der Waals surface area contributed by atoms with Gasteiger partial charge in [-0.1, -0.05) is 0 Å². The molecular weight excluding hydrogens is 216 g/mol. The average molecular weight is 236 g/mol. The Bertz CT molecular complexity index is 363. The Balaban J connectivity index is 1.79. The first kappa shape index (κ1) is 12.1. The lowest BCUT2D eigenvalue weighted by Crippen LogP contribution is -2.34. The van der Waals surface area contributed by atoms with Gasteiger partial charge in [-0.15, -0.1) is 0 Å². The van der Waals surface area contributed by atoms with Crippen LogP contribution >= 0.6 is 0 Å². The Morgan fingerprint density at radius 1 is 1.65 bits per heavy atom. The van der Waals surface area contributed by atoms with E-state index in [-0.39, 0.29) is 17.9 Å². The summed E-state index contributed by atoms with van der Waals surface area (Å²) < 4.78 is 0. The van der Waals surface area contributed by atoms with Gasteiger partial charge in [-0.2, -0.15) is 5.10 Å². The van der Waals surface area contributed by atoms with Crippen molar-refractivity contribution in [2.45, 2.75) is 31.7 Å². The van der Waals surface area contributed by atoms with Crippen LogP contribution in [0, 0.1) is 5.92 Å². The van der Waals surface area contributed by atoms with E-state index < -0.39 is 0 Å². The summed E-state index contributed by atoms with van der Waals surface area (Å²) in [6.07, 6.45) is 7.27. The van der Waals surface area contributed by atoms with E-state index in [9.17, 15) is 4.79 Å². The quantitative estimate of drug-likeness (QED) is 0.801. The van der Waals surface area contributed by atoms with E-state index in [4.69, 9.17) is 5.73 Å². The van der Waals surface area contributed by atoms with Crippen LogP contribution in [0.1, 0.15) is 24.8 Å². The van der Waals surface area contributed by atoms with Gasteiger partial charge in [0.25, 0.3) is 0 Å². The van der Waals surface area contributed by atoms with Crippen molar-refractivity contribution in [3.05, 3.63) is 18.0 Å². The lowest BCUT2D eigenvalue weighted by atomic mass is 10.1. The van der Waals surface area contributed by atoms with Gasteiger partial charge >= 0.3 is 0 Å². The van der Waals surface area contributed by atoms with Crippen LogP contribution in [0.3, 0.4) is 0 Å². The van der Waals surface area contributed by atoms with Crippen LogP contribution < -0.4 is 5.73 Å². The highest BCUT2D eigenvalue weighted by Crippen LogP contribution is 2.25. The second-order valence-corrected chi connectivity index (χ2v) is 4.89. The summed E-state index contributed by atoms with van der Waals surface area (Å²) in [5.74, 6) is 0.376. The van der Waals surface area contributed by atoms with Gasteiger partial charge in [-0.3, -0.25) is 9.89 Å². The molecule has 1 saturated carbocycles. The van der Waals surface area contributed by atoms with Gasteiger partial charge in [0.05, 0.1) is 6.20 Å². The Morgan fingerprint density at radius 2 is 2.47 bits per heavy atom. The molecule has 1 heterocycles. The smallest absolute Gasteiger partial charge is 0.225 e. The third kappa shape index (κ3) is 3.06. The van der Waals surface area contributed by atoms with Gasteiger partial charge < -0.3 is 10.6 Å². The lowest BCUT2D eigenvalue weighted by molar-refractivity contribution is -0.134. The molecule has 1 aliphatic carbocycles. The fraction of sp³-hybridized carbons (Fsp3) is 0.667. The molecule has 0 saturated heterocycles. The topological polar surface area (TPSA) is 75.0 Å². The second kappa shape index (κ2) is 5.31. The number of carbonyl (C=O) groups excluding carboxylic acids is 1. The monoisotopic (exact) mass is 236 g/mol. The molecule has 0 unspecified atom stereocenters. The van der Waals surface area contributed by atoms with E-state index >= 15 is 0 Å². The number of carbonyl (C=O) groups is 1. The molecule has 1 amide bonds. The zero-order valence-corrected chi connectivity index (χ0v) is 10.2. The van der Waals surface area contributed by atoms with E-state index in [0.29, 0.717) is 0 Å². The SMILES string of the molecule is CN(CCc1cn[nH]c1)C(=O)[C@@H]1CC[C@H](N)C1. The van der Waals surface area contributed by atoms with Gasteiger partial charge in [0, 0.05) is 31.7 Å². The number of hydrogen-bond acceptors (Lipinski definition) is 3. The Morgan fingerprint density at radius 3 is 3.06 bits per heavy atom.